The number of hydrogen-bond acceptors (Lipinski definition) is 4. The van der Waals surface area contributed by atoms with E-state index in [1.165, 1.54) is 12.8 Å². The average Bonchev–Trinajstić information content (AvgIpc) is 2.35. The minimum Gasteiger partial charge on any atom is -0.383 e. The zero-order valence-corrected chi connectivity index (χ0v) is 11.3. The van der Waals surface area contributed by atoms with E-state index in [0.29, 0.717) is 5.69 Å². The first-order chi connectivity index (χ1) is 8.58. The van der Waals surface area contributed by atoms with Gasteiger partial charge < -0.3 is 10.2 Å². The molecule has 0 bridgehead atoms. The van der Waals surface area contributed by atoms with Crippen LogP contribution in [0.4, 0.5) is 11.4 Å². The lowest BCUT2D eigenvalue weighted by Gasteiger charge is -2.16. The molecular weight excluding hydrogens is 230 g/mol. The lowest BCUT2D eigenvalue weighted by atomic mass is 10.1. The van der Waals surface area contributed by atoms with Gasteiger partial charge in [-0.15, -0.1) is 0 Å². The average molecular weight is 251 g/mol. The van der Waals surface area contributed by atoms with Crippen LogP contribution in [0.25, 0.3) is 0 Å². The second-order valence-electron chi connectivity index (χ2n) is 4.45. The number of nitrogens with one attached hydrogen (secondary N) is 1. The quantitative estimate of drug-likeness (QED) is 0.598. The van der Waals surface area contributed by atoms with Crippen LogP contribution in [0.15, 0.2) is 18.2 Å². The van der Waals surface area contributed by atoms with Gasteiger partial charge >= 0.3 is 0 Å². The van der Waals surface area contributed by atoms with Crippen molar-refractivity contribution in [1.29, 1.82) is 0 Å². The van der Waals surface area contributed by atoms with Crippen molar-refractivity contribution in [1.82, 2.24) is 4.90 Å². The van der Waals surface area contributed by atoms with E-state index < -0.39 is 0 Å². The Balaban J connectivity index is 2.76. The van der Waals surface area contributed by atoms with Crippen molar-refractivity contribution in [2.45, 2.75) is 26.3 Å². The highest BCUT2D eigenvalue weighted by atomic mass is 16.6. The molecule has 0 radical (unpaired) electrons. The molecule has 0 aliphatic carbocycles. The Morgan fingerprint density at radius 3 is 2.72 bits per heavy atom. The second-order valence-corrected chi connectivity index (χ2v) is 4.45. The predicted molar refractivity (Wildman–Crippen MR) is 73.9 cm³/mol. The molecule has 0 saturated heterocycles. The zero-order valence-electron chi connectivity index (χ0n) is 11.3. The minimum absolute atomic E-state index is 0.123. The molecule has 0 spiro atoms. The first-order valence-electron chi connectivity index (χ1n) is 6.22. The first-order valence-corrected chi connectivity index (χ1v) is 6.22. The molecule has 0 heterocycles. The van der Waals surface area contributed by atoms with Crippen molar-refractivity contribution in [2.24, 2.45) is 0 Å². The Hall–Kier alpha value is -1.62. The molecule has 18 heavy (non-hydrogen) atoms. The van der Waals surface area contributed by atoms with Crippen molar-refractivity contribution in [3.63, 3.8) is 0 Å². The molecule has 100 valence electrons. The standard InChI is InChI=1S/C13H21N3O2/c1-4-5-8-15(3)10-11-6-7-13(16(17)18)12(9-11)14-2/h6-7,9,14H,4-5,8,10H2,1-3H3. The third kappa shape index (κ3) is 4.00. The van der Waals surface area contributed by atoms with Crippen molar-refractivity contribution in [3.05, 3.63) is 33.9 Å². The fourth-order valence-corrected chi connectivity index (χ4v) is 1.86. The Morgan fingerprint density at radius 1 is 1.44 bits per heavy atom. The van der Waals surface area contributed by atoms with E-state index in [2.05, 4.69) is 24.2 Å². The molecule has 1 rings (SSSR count). The molecule has 1 N–H and O–H groups in total. The van der Waals surface area contributed by atoms with E-state index >= 15 is 0 Å². The Labute approximate surface area is 108 Å². The molecule has 1 aromatic rings. The number of nitro benzene ring substituents is 1. The van der Waals surface area contributed by atoms with Crippen LogP contribution in [0, 0.1) is 10.1 Å². The lowest BCUT2D eigenvalue weighted by Crippen LogP contribution is -2.19. The summed E-state index contributed by atoms with van der Waals surface area (Å²) in [7, 11) is 3.77. The van der Waals surface area contributed by atoms with Crippen LogP contribution in [-0.2, 0) is 6.54 Å². The monoisotopic (exact) mass is 251 g/mol. The smallest absolute Gasteiger partial charge is 0.292 e. The van der Waals surface area contributed by atoms with Gasteiger partial charge in [0.15, 0.2) is 0 Å². The number of unbranched alkanes of at least 4 members (excludes halogenated alkanes) is 1. The molecule has 0 aromatic heterocycles. The van der Waals surface area contributed by atoms with Gasteiger partial charge in [-0.1, -0.05) is 19.4 Å². The van der Waals surface area contributed by atoms with Crippen LogP contribution >= 0.6 is 0 Å². The summed E-state index contributed by atoms with van der Waals surface area (Å²) >= 11 is 0. The van der Waals surface area contributed by atoms with Gasteiger partial charge in [0.1, 0.15) is 5.69 Å². The van der Waals surface area contributed by atoms with E-state index in [9.17, 15) is 10.1 Å². The number of anilines is 1. The molecule has 0 amide bonds. The highest BCUT2D eigenvalue weighted by Gasteiger charge is 2.13. The van der Waals surface area contributed by atoms with Crippen molar-refractivity contribution in [3.8, 4) is 0 Å². The maximum Gasteiger partial charge on any atom is 0.292 e. The number of nitrogens with zero attached hydrogens (tertiary/aromatic N) is 2. The third-order valence-corrected chi connectivity index (χ3v) is 2.87. The van der Waals surface area contributed by atoms with E-state index in [4.69, 9.17) is 0 Å². The highest BCUT2D eigenvalue weighted by molar-refractivity contribution is 5.62. The topological polar surface area (TPSA) is 58.4 Å². The van der Waals surface area contributed by atoms with Gasteiger partial charge in [0.25, 0.3) is 5.69 Å². The van der Waals surface area contributed by atoms with Crippen LogP contribution in [0.2, 0.25) is 0 Å². The third-order valence-electron chi connectivity index (χ3n) is 2.87. The fourth-order valence-electron chi connectivity index (χ4n) is 1.86. The molecule has 5 heteroatoms. The van der Waals surface area contributed by atoms with Crippen LogP contribution in [0.5, 0.6) is 0 Å². The summed E-state index contributed by atoms with van der Waals surface area (Å²) in [4.78, 5) is 12.7. The Bertz CT molecular complexity index is 407. The van der Waals surface area contributed by atoms with Crippen LogP contribution in [-0.4, -0.2) is 30.5 Å². The van der Waals surface area contributed by atoms with Crippen molar-refractivity contribution in [2.75, 3.05) is 26.0 Å². The number of nitro groups is 1. The maximum absolute atomic E-state index is 10.8. The lowest BCUT2D eigenvalue weighted by molar-refractivity contribution is -0.384. The summed E-state index contributed by atoms with van der Waals surface area (Å²) in [5, 5.41) is 13.7. The molecular formula is C13H21N3O2. The van der Waals surface area contributed by atoms with Gasteiger partial charge in [0.2, 0.25) is 0 Å². The molecule has 0 fully saturated rings. The summed E-state index contributed by atoms with van der Waals surface area (Å²) in [6, 6.07) is 5.23. The SMILES string of the molecule is CCCCN(C)Cc1ccc([N+](=O)[O-])c(NC)c1. The van der Waals surface area contributed by atoms with Gasteiger partial charge in [0.05, 0.1) is 4.92 Å². The molecule has 1 aromatic carbocycles. The van der Waals surface area contributed by atoms with Gasteiger partial charge in [-0.25, -0.2) is 0 Å². The molecule has 0 atom stereocenters. The van der Waals surface area contributed by atoms with Crippen LogP contribution in [0.1, 0.15) is 25.3 Å². The minimum atomic E-state index is -0.365. The first kappa shape index (κ1) is 14.4. The number of rotatable bonds is 7. The van der Waals surface area contributed by atoms with Gasteiger partial charge in [-0.05, 0) is 31.6 Å². The summed E-state index contributed by atoms with van der Waals surface area (Å²) < 4.78 is 0. The Kier molecular flexibility index (Phi) is 5.58. The van der Waals surface area contributed by atoms with E-state index in [0.717, 1.165) is 18.7 Å². The fraction of sp³-hybridized carbons (Fsp3) is 0.538. The molecule has 0 saturated carbocycles. The maximum atomic E-state index is 10.8. The largest absolute Gasteiger partial charge is 0.383 e. The van der Waals surface area contributed by atoms with Crippen molar-refractivity contribution >= 4 is 11.4 Å². The number of hydrogen-bond donors (Lipinski definition) is 1. The summed E-state index contributed by atoms with van der Waals surface area (Å²) in [6.45, 7) is 4.02. The molecule has 5 nitrogen and oxygen atoms in total. The molecule has 0 unspecified atom stereocenters. The van der Waals surface area contributed by atoms with Crippen molar-refractivity contribution < 1.29 is 4.92 Å². The van der Waals surface area contributed by atoms with Gasteiger partial charge in [0, 0.05) is 19.7 Å². The predicted octanol–water partition coefficient (Wildman–Crippen LogP) is 2.87. The van der Waals surface area contributed by atoms with Gasteiger partial charge in [-0.3, -0.25) is 10.1 Å². The highest BCUT2D eigenvalue weighted by Crippen LogP contribution is 2.25. The molecule has 0 aliphatic rings. The van der Waals surface area contributed by atoms with Gasteiger partial charge in [-0.2, -0.15) is 0 Å². The van der Waals surface area contributed by atoms with Crippen LogP contribution in [0.3, 0.4) is 0 Å². The summed E-state index contributed by atoms with van der Waals surface area (Å²) in [5.41, 5.74) is 1.78. The second kappa shape index (κ2) is 6.96. The summed E-state index contributed by atoms with van der Waals surface area (Å²) in [6.07, 6.45) is 2.34. The number of benzene rings is 1. The zero-order chi connectivity index (χ0) is 13.5. The van der Waals surface area contributed by atoms with E-state index in [-0.39, 0.29) is 10.6 Å². The Morgan fingerprint density at radius 2 is 2.17 bits per heavy atom. The summed E-state index contributed by atoms with van der Waals surface area (Å²) in [5.74, 6) is 0. The van der Waals surface area contributed by atoms with E-state index in [1.54, 1.807) is 13.1 Å². The van der Waals surface area contributed by atoms with Crippen LogP contribution < -0.4 is 5.32 Å². The molecule has 0 aliphatic heterocycles. The van der Waals surface area contributed by atoms with E-state index in [1.807, 2.05) is 12.1 Å². The normalized spacial score (nSPS) is 10.7.